The fourth-order valence-electron chi connectivity index (χ4n) is 3.31. The van der Waals surface area contributed by atoms with Gasteiger partial charge in [0.2, 0.25) is 5.91 Å². The molecule has 1 aromatic carbocycles. The Morgan fingerprint density at radius 3 is 2.56 bits per heavy atom. The Morgan fingerprint density at radius 1 is 1.22 bits per heavy atom. The van der Waals surface area contributed by atoms with Gasteiger partial charge in [0, 0.05) is 18.7 Å². The minimum absolute atomic E-state index is 0.0513. The van der Waals surface area contributed by atoms with Crippen LogP contribution >= 0.6 is 11.3 Å². The van der Waals surface area contributed by atoms with Crippen LogP contribution in [0.3, 0.4) is 0 Å². The van der Waals surface area contributed by atoms with Crippen LogP contribution in [0.4, 0.5) is 5.13 Å². The number of thiazole rings is 1. The SMILES string of the molecule is Cc1cc(C)cc(C(=O)N2CCCC(C(=O)Nc3ncc(C(N)=O)s3)C2)c1. The van der Waals surface area contributed by atoms with Crippen molar-refractivity contribution >= 4 is 34.2 Å². The molecule has 0 saturated carbocycles. The van der Waals surface area contributed by atoms with Gasteiger partial charge in [0.15, 0.2) is 5.13 Å². The molecule has 8 heteroatoms. The largest absolute Gasteiger partial charge is 0.365 e. The van der Waals surface area contributed by atoms with Crippen LogP contribution in [0, 0.1) is 19.8 Å². The van der Waals surface area contributed by atoms with Crippen molar-refractivity contribution in [2.45, 2.75) is 26.7 Å². The highest BCUT2D eigenvalue weighted by Gasteiger charge is 2.29. The predicted octanol–water partition coefficient (Wildman–Crippen LogP) is 2.35. The quantitative estimate of drug-likeness (QED) is 0.841. The number of anilines is 1. The van der Waals surface area contributed by atoms with Gasteiger partial charge in [-0.15, -0.1) is 0 Å². The van der Waals surface area contributed by atoms with Crippen LogP contribution in [0.5, 0.6) is 0 Å². The van der Waals surface area contributed by atoms with Crippen molar-refractivity contribution in [1.29, 1.82) is 0 Å². The second-order valence-corrected chi connectivity index (χ2v) is 7.88. The second-order valence-electron chi connectivity index (χ2n) is 6.85. The summed E-state index contributed by atoms with van der Waals surface area (Å²) in [6.45, 7) is 4.93. The summed E-state index contributed by atoms with van der Waals surface area (Å²) in [5.41, 5.74) is 7.94. The Hall–Kier alpha value is -2.74. The molecule has 1 aromatic heterocycles. The number of nitrogens with two attached hydrogens (primary N) is 1. The van der Waals surface area contributed by atoms with Gasteiger partial charge in [0.25, 0.3) is 11.8 Å². The molecule has 3 N–H and O–H groups in total. The normalized spacial score (nSPS) is 16.8. The third-order valence-electron chi connectivity index (χ3n) is 4.53. The molecule has 3 amide bonds. The van der Waals surface area contributed by atoms with Crippen molar-refractivity contribution in [3.8, 4) is 0 Å². The molecule has 2 aromatic rings. The third kappa shape index (κ3) is 4.51. The molecule has 7 nitrogen and oxygen atoms in total. The summed E-state index contributed by atoms with van der Waals surface area (Å²) >= 11 is 1.04. The summed E-state index contributed by atoms with van der Waals surface area (Å²) in [5, 5.41) is 3.07. The monoisotopic (exact) mass is 386 g/mol. The van der Waals surface area contributed by atoms with Gasteiger partial charge in [-0.3, -0.25) is 14.4 Å². The number of hydrogen-bond donors (Lipinski definition) is 2. The van der Waals surface area contributed by atoms with Gasteiger partial charge in [0.05, 0.1) is 12.1 Å². The Bertz CT molecular complexity index is 873. The van der Waals surface area contributed by atoms with Gasteiger partial charge in [-0.2, -0.15) is 0 Å². The molecule has 1 unspecified atom stereocenters. The molecule has 1 fully saturated rings. The minimum Gasteiger partial charge on any atom is -0.365 e. The summed E-state index contributed by atoms with van der Waals surface area (Å²) in [4.78, 5) is 42.6. The van der Waals surface area contributed by atoms with Gasteiger partial charge in [-0.05, 0) is 38.8 Å². The van der Waals surface area contributed by atoms with Gasteiger partial charge in [-0.1, -0.05) is 28.5 Å². The van der Waals surface area contributed by atoms with E-state index in [1.54, 1.807) is 4.90 Å². The molecule has 3 rings (SSSR count). The van der Waals surface area contributed by atoms with Gasteiger partial charge in [0.1, 0.15) is 4.88 Å². The smallest absolute Gasteiger partial charge is 0.260 e. The summed E-state index contributed by atoms with van der Waals surface area (Å²) < 4.78 is 0. The molecule has 142 valence electrons. The van der Waals surface area contributed by atoms with Crippen molar-refractivity contribution in [1.82, 2.24) is 9.88 Å². The van der Waals surface area contributed by atoms with E-state index in [1.165, 1.54) is 6.20 Å². The van der Waals surface area contributed by atoms with E-state index in [-0.39, 0.29) is 17.7 Å². The Balaban J connectivity index is 1.66. The number of amides is 3. The summed E-state index contributed by atoms with van der Waals surface area (Å²) in [5.74, 6) is -1.13. The lowest BCUT2D eigenvalue weighted by Gasteiger charge is -2.32. The maximum atomic E-state index is 12.8. The molecule has 0 spiro atoms. The number of hydrogen-bond acceptors (Lipinski definition) is 5. The molecule has 1 atom stereocenters. The topological polar surface area (TPSA) is 105 Å². The highest BCUT2D eigenvalue weighted by Crippen LogP contribution is 2.23. The maximum absolute atomic E-state index is 12.8. The molecule has 0 aliphatic carbocycles. The van der Waals surface area contributed by atoms with Crippen LogP contribution in [-0.2, 0) is 4.79 Å². The zero-order valence-electron chi connectivity index (χ0n) is 15.3. The molecule has 1 aliphatic heterocycles. The number of nitrogens with one attached hydrogen (secondary N) is 1. The molecule has 2 heterocycles. The van der Waals surface area contributed by atoms with E-state index >= 15 is 0 Å². The molecule has 1 aliphatic rings. The maximum Gasteiger partial charge on any atom is 0.260 e. The number of carbonyl (C=O) groups is 3. The second kappa shape index (κ2) is 7.87. The summed E-state index contributed by atoms with van der Waals surface area (Å²) in [6, 6.07) is 5.78. The third-order valence-corrected chi connectivity index (χ3v) is 5.45. The van der Waals surface area contributed by atoms with Crippen LogP contribution in [-0.4, -0.2) is 40.7 Å². The number of likely N-dealkylation sites (tertiary alicyclic amines) is 1. The van der Waals surface area contributed by atoms with Gasteiger partial charge in [-0.25, -0.2) is 4.98 Å². The zero-order chi connectivity index (χ0) is 19.6. The van der Waals surface area contributed by atoms with Gasteiger partial charge >= 0.3 is 0 Å². The van der Waals surface area contributed by atoms with E-state index < -0.39 is 5.91 Å². The molecule has 27 heavy (non-hydrogen) atoms. The predicted molar refractivity (Wildman–Crippen MR) is 104 cm³/mol. The molecule has 0 bridgehead atoms. The van der Waals surface area contributed by atoms with Crippen LogP contribution < -0.4 is 11.1 Å². The summed E-state index contributed by atoms with van der Waals surface area (Å²) in [6.07, 6.45) is 2.81. The lowest BCUT2D eigenvalue weighted by atomic mass is 9.96. The number of aryl methyl sites for hydroxylation is 2. The Morgan fingerprint density at radius 2 is 1.93 bits per heavy atom. The van der Waals surface area contributed by atoms with Crippen molar-refractivity contribution in [2.75, 3.05) is 18.4 Å². The van der Waals surface area contributed by atoms with E-state index in [0.717, 1.165) is 28.9 Å². The van der Waals surface area contributed by atoms with E-state index in [9.17, 15) is 14.4 Å². The number of aromatic nitrogens is 1. The molecular formula is C19H22N4O3S. The first-order valence-corrected chi connectivity index (χ1v) is 9.59. The standard InChI is InChI=1S/C19H22N4O3S/c1-11-6-12(2)8-14(7-11)18(26)23-5-3-4-13(10-23)17(25)22-19-21-9-15(27-19)16(20)24/h6-9,13H,3-5,10H2,1-2H3,(H2,20,24)(H,21,22,25). The van der Waals surface area contributed by atoms with Crippen LogP contribution in [0.1, 0.15) is 44.0 Å². The number of nitrogens with zero attached hydrogens (tertiary/aromatic N) is 2. The lowest BCUT2D eigenvalue weighted by molar-refractivity contribution is -0.121. The van der Waals surface area contributed by atoms with Crippen molar-refractivity contribution in [3.63, 3.8) is 0 Å². The average molecular weight is 386 g/mol. The van der Waals surface area contributed by atoms with E-state index in [4.69, 9.17) is 5.73 Å². The highest BCUT2D eigenvalue weighted by atomic mass is 32.1. The van der Waals surface area contributed by atoms with Crippen molar-refractivity contribution in [2.24, 2.45) is 11.7 Å². The van der Waals surface area contributed by atoms with E-state index in [2.05, 4.69) is 10.3 Å². The van der Waals surface area contributed by atoms with Crippen molar-refractivity contribution in [3.05, 3.63) is 46.0 Å². The molecule has 1 saturated heterocycles. The van der Waals surface area contributed by atoms with Crippen molar-refractivity contribution < 1.29 is 14.4 Å². The van der Waals surface area contributed by atoms with Crippen LogP contribution in [0.2, 0.25) is 0 Å². The zero-order valence-corrected chi connectivity index (χ0v) is 16.1. The fourth-order valence-corrected chi connectivity index (χ4v) is 3.98. The lowest BCUT2D eigenvalue weighted by Crippen LogP contribution is -2.43. The van der Waals surface area contributed by atoms with E-state index in [0.29, 0.717) is 35.1 Å². The van der Waals surface area contributed by atoms with Gasteiger partial charge < -0.3 is 16.0 Å². The number of benzene rings is 1. The first-order chi connectivity index (χ1) is 12.8. The number of carbonyl (C=O) groups excluding carboxylic acids is 3. The first kappa shape index (κ1) is 19.0. The number of rotatable bonds is 4. The molecule has 0 radical (unpaired) electrons. The first-order valence-electron chi connectivity index (χ1n) is 8.77. The Labute approximate surface area is 161 Å². The average Bonchev–Trinajstić information content (AvgIpc) is 3.09. The highest BCUT2D eigenvalue weighted by molar-refractivity contribution is 7.17. The van der Waals surface area contributed by atoms with Crippen LogP contribution in [0.25, 0.3) is 0 Å². The fraction of sp³-hybridized carbons (Fsp3) is 0.368. The minimum atomic E-state index is -0.573. The number of primary amides is 1. The molecular weight excluding hydrogens is 364 g/mol. The summed E-state index contributed by atoms with van der Waals surface area (Å²) in [7, 11) is 0. The van der Waals surface area contributed by atoms with E-state index in [1.807, 2.05) is 32.0 Å². The Kier molecular flexibility index (Phi) is 5.55. The van der Waals surface area contributed by atoms with Crippen LogP contribution in [0.15, 0.2) is 24.4 Å². The number of piperidine rings is 1.